The Labute approximate surface area is 169 Å². The van der Waals surface area contributed by atoms with Crippen molar-refractivity contribution in [2.75, 3.05) is 0 Å². The van der Waals surface area contributed by atoms with Crippen molar-refractivity contribution in [1.29, 1.82) is 0 Å². The van der Waals surface area contributed by atoms with Gasteiger partial charge >= 0.3 is 18.3 Å². The number of aliphatic imine (C=N–C) groups is 1. The van der Waals surface area contributed by atoms with Gasteiger partial charge in [0.25, 0.3) is 0 Å². The van der Waals surface area contributed by atoms with E-state index in [0.29, 0.717) is 12.1 Å². The molecule has 2 amide bonds. The summed E-state index contributed by atoms with van der Waals surface area (Å²) in [7, 11) is 0. The van der Waals surface area contributed by atoms with Crippen LogP contribution in [0.25, 0.3) is 0 Å². The van der Waals surface area contributed by atoms with Gasteiger partial charge in [-0.25, -0.2) is 9.79 Å². The fourth-order valence-electron chi connectivity index (χ4n) is 2.42. The van der Waals surface area contributed by atoms with Gasteiger partial charge in [-0.05, 0) is 33.3 Å². The summed E-state index contributed by atoms with van der Waals surface area (Å²) in [5, 5.41) is 0. The highest BCUT2D eigenvalue weighted by atomic mass is 16.8. The molecule has 0 saturated carbocycles. The molecule has 0 aliphatic carbocycles. The number of benzene rings is 1. The second-order valence-electron chi connectivity index (χ2n) is 7.70. The zero-order valence-electron chi connectivity index (χ0n) is 17.0. The summed E-state index contributed by atoms with van der Waals surface area (Å²) in [6.45, 7) is 6.55. The number of hydrogen-bond acceptors (Lipinski definition) is 8. The number of carbonyl (C=O) groups excluding carboxylic acids is 3. The summed E-state index contributed by atoms with van der Waals surface area (Å²) >= 11 is 0. The molecule has 2 N–H and O–H groups in total. The van der Waals surface area contributed by atoms with E-state index in [0.717, 1.165) is 11.9 Å². The number of carbonyl (C=O) groups is 3. The van der Waals surface area contributed by atoms with Crippen LogP contribution in [0.15, 0.2) is 47.2 Å². The standard InChI is InChI=1S/C20H26N3O6/c1-14(21)10-16-11-23(13-22-16,18(25)28-19(26)29-20(2,3)4)17(24)27-12-15-8-6-5-7-9-15/h5-9,11,13-14H,10,12,21H2,1-4H3/q+1/t14-,23?/m1/s1. The first-order valence-electron chi connectivity index (χ1n) is 9.09. The van der Waals surface area contributed by atoms with E-state index >= 15 is 0 Å². The molecule has 0 fully saturated rings. The van der Waals surface area contributed by atoms with Gasteiger partial charge in [-0.3, -0.25) is 0 Å². The smallest absolute Gasteiger partial charge is 0.428 e. The highest BCUT2D eigenvalue weighted by Gasteiger charge is 2.51. The van der Waals surface area contributed by atoms with Crippen molar-refractivity contribution in [1.82, 2.24) is 0 Å². The fourth-order valence-corrected chi connectivity index (χ4v) is 2.42. The first kappa shape index (κ1) is 22.3. The van der Waals surface area contributed by atoms with Crippen LogP contribution in [0.5, 0.6) is 0 Å². The normalized spacial score (nSPS) is 19.3. The molecule has 1 aromatic rings. The third-order valence-electron chi connectivity index (χ3n) is 3.66. The van der Waals surface area contributed by atoms with Crippen molar-refractivity contribution in [3.63, 3.8) is 0 Å². The van der Waals surface area contributed by atoms with Crippen LogP contribution < -0.4 is 5.73 Å². The van der Waals surface area contributed by atoms with Gasteiger partial charge in [0.15, 0.2) is 0 Å². The highest BCUT2D eigenvalue weighted by Crippen LogP contribution is 2.24. The minimum atomic E-state index is -1.22. The van der Waals surface area contributed by atoms with Crippen LogP contribution >= 0.6 is 0 Å². The van der Waals surface area contributed by atoms with E-state index < -0.39 is 28.4 Å². The average Bonchev–Trinajstić information content (AvgIpc) is 3.03. The quantitative estimate of drug-likeness (QED) is 0.460. The summed E-state index contributed by atoms with van der Waals surface area (Å²) in [6.07, 6.45) is -0.770. The number of nitrogens with zero attached hydrogens (tertiary/aromatic N) is 2. The summed E-state index contributed by atoms with van der Waals surface area (Å²) in [5.41, 5.74) is 6.03. The van der Waals surface area contributed by atoms with Gasteiger partial charge in [0.2, 0.25) is 6.34 Å². The number of hydrogen-bond donors (Lipinski definition) is 1. The van der Waals surface area contributed by atoms with E-state index in [1.165, 1.54) is 6.20 Å². The molecule has 1 aliphatic heterocycles. The Bertz CT molecular complexity index is 826. The summed E-state index contributed by atoms with van der Waals surface area (Å²) in [4.78, 5) is 41.5. The van der Waals surface area contributed by atoms with Crippen molar-refractivity contribution < 1.29 is 33.1 Å². The lowest BCUT2D eigenvalue weighted by molar-refractivity contribution is -0.620. The van der Waals surface area contributed by atoms with E-state index in [9.17, 15) is 14.4 Å². The molecular formula is C20H26N3O6+. The SMILES string of the molecule is C[C@@H](N)CC1=C[N+](C(=O)OCc2ccccc2)(C(=O)OC(=O)OC(C)(C)C)C=N1. The van der Waals surface area contributed by atoms with Crippen molar-refractivity contribution >= 4 is 24.7 Å². The lowest BCUT2D eigenvalue weighted by atomic mass is 10.2. The second kappa shape index (κ2) is 8.97. The molecule has 156 valence electrons. The maximum atomic E-state index is 12.8. The highest BCUT2D eigenvalue weighted by molar-refractivity contribution is 5.92. The molecule has 0 radical (unpaired) electrons. The van der Waals surface area contributed by atoms with Crippen LogP contribution in [-0.4, -0.2) is 40.8 Å². The average molecular weight is 404 g/mol. The van der Waals surface area contributed by atoms with E-state index in [-0.39, 0.29) is 12.6 Å². The first-order valence-corrected chi connectivity index (χ1v) is 9.09. The molecule has 0 saturated heterocycles. The molecule has 1 unspecified atom stereocenters. The Balaban J connectivity index is 2.21. The minimum Gasteiger partial charge on any atom is -0.428 e. The largest absolute Gasteiger partial charge is 0.548 e. The lowest BCUT2D eigenvalue weighted by Crippen LogP contribution is -2.52. The van der Waals surface area contributed by atoms with Crippen molar-refractivity contribution in [2.24, 2.45) is 10.7 Å². The first-order chi connectivity index (χ1) is 13.5. The maximum Gasteiger partial charge on any atom is 0.548 e. The van der Waals surface area contributed by atoms with Crippen LogP contribution in [0.2, 0.25) is 0 Å². The Morgan fingerprint density at radius 3 is 2.38 bits per heavy atom. The minimum absolute atomic E-state index is 0.0658. The van der Waals surface area contributed by atoms with Gasteiger partial charge in [0.05, 0.1) is 0 Å². The van der Waals surface area contributed by atoms with Gasteiger partial charge in [-0.15, -0.1) is 0 Å². The number of quaternary nitrogens is 1. The van der Waals surface area contributed by atoms with E-state index in [2.05, 4.69) is 4.99 Å². The Morgan fingerprint density at radius 2 is 1.79 bits per heavy atom. The van der Waals surface area contributed by atoms with Gasteiger partial charge in [-0.1, -0.05) is 34.8 Å². The third kappa shape index (κ3) is 6.23. The summed E-state index contributed by atoms with van der Waals surface area (Å²) < 4.78 is 13.9. The molecule has 1 aliphatic rings. The Hall–Kier alpha value is -3.04. The number of rotatable bonds is 4. The third-order valence-corrected chi connectivity index (χ3v) is 3.66. The van der Waals surface area contributed by atoms with Crippen molar-refractivity contribution in [3.8, 4) is 0 Å². The van der Waals surface area contributed by atoms with Gasteiger partial charge < -0.3 is 19.9 Å². The molecule has 0 aromatic heterocycles. The van der Waals surface area contributed by atoms with Crippen LogP contribution in [0.4, 0.5) is 14.4 Å². The maximum absolute atomic E-state index is 12.8. The summed E-state index contributed by atoms with van der Waals surface area (Å²) in [5.74, 6) is 0. The van der Waals surface area contributed by atoms with E-state index in [1.807, 2.05) is 6.07 Å². The molecule has 2 rings (SSSR count). The fraction of sp³-hybridized carbons (Fsp3) is 0.400. The molecule has 0 spiro atoms. The van der Waals surface area contributed by atoms with Crippen LogP contribution in [0, 0.1) is 0 Å². The lowest BCUT2D eigenvalue weighted by Gasteiger charge is -2.21. The molecule has 29 heavy (non-hydrogen) atoms. The predicted molar refractivity (Wildman–Crippen MR) is 104 cm³/mol. The topological polar surface area (TPSA) is 117 Å². The predicted octanol–water partition coefficient (Wildman–Crippen LogP) is 3.83. The number of imide groups is 1. The zero-order chi connectivity index (χ0) is 21.7. The molecular weight excluding hydrogens is 378 g/mol. The van der Waals surface area contributed by atoms with Gasteiger partial charge in [0.1, 0.15) is 24.1 Å². The molecule has 9 nitrogen and oxygen atoms in total. The molecule has 9 heteroatoms. The zero-order valence-corrected chi connectivity index (χ0v) is 17.0. The number of ether oxygens (including phenoxy) is 3. The number of nitrogens with two attached hydrogens (primary N) is 1. The second-order valence-corrected chi connectivity index (χ2v) is 7.70. The van der Waals surface area contributed by atoms with Crippen molar-refractivity contribution in [3.05, 3.63) is 47.8 Å². The molecule has 2 atom stereocenters. The van der Waals surface area contributed by atoms with E-state index in [4.69, 9.17) is 19.9 Å². The Morgan fingerprint density at radius 1 is 1.14 bits per heavy atom. The van der Waals surface area contributed by atoms with E-state index in [1.54, 1.807) is 52.0 Å². The van der Waals surface area contributed by atoms with Crippen LogP contribution in [0.3, 0.4) is 0 Å². The molecule has 0 bridgehead atoms. The molecule has 1 aromatic carbocycles. The van der Waals surface area contributed by atoms with Gasteiger partial charge in [-0.2, -0.15) is 9.59 Å². The monoisotopic (exact) mass is 404 g/mol. The number of amides is 2. The summed E-state index contributed by atoms with van der Waals surface area (Å²) in [6, 6.07) is 8.71. The van der Waals surface area contributed by atoms with Gasteiger partial charge in [0, 0.05) is 12.5 Å². The van der Waals surface area contributed by atoms with Crippen LogP contribution in [0.1, 0.15) is 39.7 Å². The van der Waals surface area contributed by atoms with Crippen LogP contribution in [-0.2, 0) is 20.8 Å². The molecule has 1 heterocycles. The Kier molecular flexibility index (Phi) is 6.89. The van der Waals surface area contributed by atoms with Crippen molar-refractivity contribution in [2.45, 2.75) is 52.4 Å².